The largest absolute Gasteiger partial charge is 0.357 e. The van der Waals surface area contributed by atoms with Gasteiger partial charge in [0.1, 0.15) is 0 Å². The number of guanidine groups is 1. The zero-order chi connectivity index (χ0) is 19.1. The highest BCUT2D eigenvalue weighted by Crippen LogP contribution is 2.35. The lowest BCUT2D eigenvalue weighted by Crippen LogP contribution is -2.40. The van der Waals surface area contributed by atoms with Crippen LogP contribution in [0.1, 0.15) is 38.2 Å². The van der Waals surface area contributed by atoms with E-state index in [0.717, 1.165) is 43.0 Å². The molecule has 0 spiro atoms. The van der Waals surface area contributed by atoms with Gasteiger partial charge in [0.15, 0.2) is 5.96 Å². The summed E-state index contributed by atoms with van der Waals surface area (Å²) in [6.07, 6.45) is 5.32. The average Bonchev–Trinajstić information content (AvgIpc) is 3.11. The van der Waals surface area contributed by atoms with E-state index in [4.69, 9.17) is 0 Å². The van der Waals surface area contributed by atoms with Crippen molar-refractivity contribution in [2.75, 3.05) is 31.9 Å². The molecule has 0 aromatic heterocycles. The number of aliphatic imine (C=N–C) groups is 1. The lowest BCUT2D eigenvalue weighted by Gasteiger charge is -2.22. The summed E-state index contributed by atoms with van der Waals surface area (Å²) in [4.78, 5) is 6.93. The monoisotopic (exact) mass is 520 g/mol. The third-order valence-electron chi connectivity index (χ3n) is 5.57. The van der Waals surface area contributed by atoms with Gasteiger partial charge in [-0.15, -0.1) is 24.0 Å². The van der Waals surface area contributed by atoms with Crippen LogP contribution in [-0.2, 0) is 16.6 Å². The normalized spacial score (nSPS) is 22.5. The van der Waals surface area contributed by atoms with Crippen molar-refractivity contribution in [3.8, 4) is 0 Å². The van der Waals surface area contributed by atoms with E-state index in [9.17, 15) is 8.42 Å². The van der Waals surface area contributed by atoms with Gasteiger partial charge in [-0.05, 0) is 37.2 Å². The van der Waals surface area contributed by atoms with Crippen molar-refractivity contribution in [1.29, 1.82) is 0 Å². The highest BCUT2D eigenvalue weighted by Gasteiger charge is 2.35. The molecule has 1 aliphatic carbocycles. The van der Waals surface area contributed by atoms with Gasteiger partial charge in [-0.25, -0.2) is 13.1 Å². The Labute approximate surface area is 186 Å². The molecule has 1 aliphatic heterocycles. The van der Waals surface area contributed by atoms with E-state index in [2.05, 4.69) is 26.9 Å². The first-order valence-corrected chi connectivity index (χ1v) is 11.8. The molecule has 2 aliphatic rings. The molecule has 6 nitrogen and oxygen atoms in total. The molecule has 1 saturated heterocycles. The van der Waals surface area contributed by atoms with E-state index in [0.29, 0.717) is 6.54 Å². The number of likely N-dealkylation sites (tertiary alicyclic amines) is 1. The van der Waals surface area contributed by atoms with Crippen LogP contribution in [0.4, 0.5) is 0 Å². The quantitative estimate of drug-likeness (QED) is 0.330. The predicted molar refractivity (Wildman–Crippen MR) is 125 cm³/mol. The van der Waals surface area contributed by atoms with Crippen molar-refractivity contribution in [3.63, 3.8) is 0 Å². The van der Waals surface area contributed by atoms with Crippen LogP contribution in [0.25, 0.3) is 0 Å². The molecule has 8 heteroatoms. The first-order chi connectivity index (χ1) is 13.1. The minimum atomic E-state index is -3.34. The maximum atomic E-state index is 12.3. The van der Waals surface area contributed by atoms with Crippen molar-refractivity contribution in [2.24, 2.45) is 16.8 Å². The number of hydrogen-bond donors (Lipinski definition) is 2. The van der Waals surface area contributed by atoms with Crippen molar-refractivity contribution >= 4 is 40.0 Å². The molecular formula is C20H33IN4O2S. The van der Waals surface area contributed by atoms with Crippen molar-refractivity contribution in [1.82, 2.24) is 14.9 Å². The van der Waals surface area contributed by atoms with Crippen LogP contribution in [0.15, 0.2) is 35.3 Å². The molecular weight excluding hydrogens is 487 g/mol. The highest BCUT2D eigenvalue weighted by molar-refractivity contribution is 14.0. The molecule has 2 unspecified atom stereocenters. The number of nitrogens with one attached hydrogen (secondary N) is 2. The van der Waals surface area contributed by atoms with Gasteiger partial charge in [-0.1, -0.05) is 43.2 Å². The Kier molecular flexibility index (Phi) is 9.49. The highest BCUT2D eigenvalue weighted by atomic mass is 127. The van der Waals surface area contributed by atoms with E-state index in [1.165, 1.54) is 25.7 Å². The third-order valence-corrected chi connectivity index (χ3v) is 6.88. The Balaban J connectivity index is 0.00000280. The van der Waals surface area contributed by atoms with Gasteiger partial charge in [0.05, 0.1) is 12.3 Å². The molecule has 0 radical (unpaired) electrons. The fourth-order valence-electron chi connectivity index (χ4n) is 4.14. The Bertz CT molecular complexity index is 713. The second-order valence-corrected chi connectivity index (χ2v) is 9.50. The molecule has 0 bridgehead atoms. The molecule has 158 valence electrons. The topological polar surface area (TPSA) is 73.8 Å². The molecule has 2 N–H and O–H groups in total. The SMILES string of the molecule is CCNC(=NCCS(=O)(=O)NCc1ccccc1)N1CC2CCCCC2C1.I. The van der Waals surface area contributed by atoms with E-state index in [1.807, 2.05) is 30.3 Å². The summed E-state index contributed by atoms with van der Waals surface area (Å²) in [7, 11) is -3.34. The van der Waals surface area contributed by atoms with Crippen LogP contribution in [0.2, 0.25) is 0 Å². The van der Waals surface area contributed by atoms with Gasteiger partial charge in [0.2, 0.25) is 10.0 Å². The molecule has 28 heavy (non-hydrogen) atoms. The van der Waals surface area contributed by atoms with Crippen molar-refractivity contribution in [3.05, 3.63) is 35.9 Å². The fraction of sp³-hybridized carbons (Fsp3) is 0.650. The lowest BCUT2D eigenvalue weighted by molar-refractivity contribution is 0.299. The minimum absolute atomic E-state index is 0. The number of fused-ring (bicyclic) bond motifs is 1. The summed E-state index contributed by atoms with van der Waals surface area (Å²) in [5.41, 5.74) is 0.956. The predicted octanol–water partition coefficient (Wildman–Crippen LogP) is 2.81. The Morgan fingerprint density at radius 1 is 1.14 bits per heavy atom. The van der Waals surface area contributed by atoms with Crippen LogP contribution in [0.3, 0.4) is 0 Å². The van der Waals surface area contributed by atoms with E-state index >= 15 is 0 Å². The van der Waals surface area contributed by atoms with Crippen LogP contribution < -0.4 is 10.0 Å². The fourth-order valence-corrected chi connectivity index (χ4v) is 5.00. The number of nitrogens with zero attached hydrogens (tertiary/aromatic N) is 2. The summed E-state index contributed by atoms with van der Waals surface area (Å²) in [6.45, 7) is 5.55. The molecule has 2 atom stereocenters. The van der Waals surface area contributed by atoms with Crippen LogP contribution >= 0.6 is 24.0 Å². The number of halogens is 1. The van der Waals surface area contributed by atoms with Gasteiger partial charge in [-0.2, -0.15) is 0 Å². The van der Waals surface area contributed by atoms with Crippen molar-refractivity contribution < 1.29 is 8.42 Å². The molecule has 0 amide bonds. The number of hydrogen-bond acceptors (Lipinski definition) is 3. The lowest BCUT2D eigenvalue weighted by atomic mass is 9.82. The van der Waals surface area contributed by atoms with Gasteiger partial charge < -0.3 is 10.2 Å². The van der Waals surface area contributed by atoms with Crippen LogP contribution in [0.5, 0.6) is 0 Å². The number of benzene rings is 1. The van der Waals surface area contributed by atoms with E-state index in [-0.39, 0.29) is 36.3 Å². The van der Waals surface area contributed by atoms with Gasteiger partial charge in [-0.3, -0.25) is 4.99 Å². The molecule has 1 aromatic rings. The van der Waals surface area contributed by atoms with Gasteiger partial charge in [0.25, 0.3) is 0 Å². The van der Waals surface area contributed by atoms with Crippen LogP contribution in [0, 0.1) is 11.8 Å². The Morgan fingerprint density at radius 3 is 2.39 bits per heavy atom. The minimum Gasteiger partial charge on any atom is -0.357 e. The molecule has 1 aromatic carbocycles. The Hall–Kier alpha value is -0.870. The van der Waals surface area contributed by atoms with E-state index < -0.39 is 10.0 Å². The maximum Gasteiger partial charge on any atom is 0.213 e. The first kappa shape index (κ1) is 23.4. The molecule has 1 saturated carbocycles. The smallest absolute Gasteiger partial charge is 0.213 e. The number of rotatable bonds is 7. The van der Waals surface area contributed by atoms with Gasteiger partial charge in [0, 0.05) is 26.2 Å². The second kappa shape index (κ2) is 11.3. The summed E-state index contributed by atoms with van der Waals surface area (Å²) >= 11 is 0. The first-order valence-electron chi connectivity index (χ1n) is 10.1. The maximum absolute atomic E-state index is 12.3. The summed E-state index contributed by atoms with van der Waals surface area (Å²) in [6, 6.07) is 9.56. The molecule has 2 fully saturated rings. The summed E-state index contributed by atoms with van der Waals surface area (Å²) < 4.78 is 27.2. The molecule has 1 heterocycles. The average molecular weight is 520 g/mol. The summed E-state index contributed by atoms with van der Waals surface area (Å²) in [5, 5.41) is 3.34. The van der Waals surface area contributed by atoms with Crippen LogP contribution in [-0.4, -0.2) is 51.2 Å². The molecule has 3 rings (SSSR count). The van der Waals surface area contributed by atoms with Crippen molar-refractivity contribution in [2.45, 2.75) is 39.2 Å². The summed E-state index contributed by atoms with van der Waals surface area (Å²) in [5.74, 6) is 2.43. The number of sulfonamides is 1. The Morgan fingerprint density at radius 2 is 1.79 bits per heavy atom. The van der Waals surface area contributed by atoms with E-state index in [1.54, 1.807) is 0 Å². The standard InChI is InChI=1S/C20H32N4O2S.HI/c1-2-21-20(24-15-18-10-6-7-11-19(18)16-24)22-12-13-27(25,26)23-14-17-8-4-3-5-9-17;/h3-5,8-9,18-19,23H,2,6-7,10-16H2,1H3,(H,21,22);1H. The van der Waals surface area contributed by atoms with Gasteiger partial charge >= 0.3 is 0 Å². The zero-order valence-electron chi connectivity index (χ0n) is 16.6. The third kappa shape index (κ3) is 6.88. The second-order valence-electron chi connectivity index (χ2n) is 7.57. The zero-order valence-corrected chi connectivity index (χ0v) is 19.8.